The summed E-state index contributed by atoms with van der Waals surface area (Å²) in [6.45, 7) is 4.75. The van der Waals surface area contributed by atoms with Gasteiger partial charge in [-0.1, -0.05) is 31.5 Å². The van der Waals surface area contributed by atoms with Crippen molar-refractivity contribution in [3.05, 3.63) is 11.6 Å². The fraction of sp³-hybridized carbons (Fsp3) is 0.636. The zero-order valence-electron chi connectivity index (χ0n) is 9.57. The van der Waals surface area contributed by atoms with Gasteiger partial charge >= 0.3 is 0 Å². The van der Waals surface area contributed by atoms with Crippen molar-refractivity contribution in [3.63, 3.8) is 0 Å². The maximum Gasteiger partial charge on any atom is 0.245 e. The molecule has 90 valence electrons. The Kier molecular flexibility index (Phi) is 4.80. The van der Waals surface area contributed by atoms with Crippen LogP contribution in [0.1, 0.15) is 20.3 Å². The second kappa shape index (κ2) is 5.89. The predicted molar refractivity (Wildman–Crippen MR) is 63.0 cm³/mol. The first-order valence-corrected chi connectivity index (χ1v) is 5.83. The largest absolute Gasteiger partial charge is 0.344 e. The van der Waals surface area contributed by atoms with Crippen molar-refractivity contribution in [1.29, 1.82) is 0 Å². The summed E-state index contributed by atoms with van der Waals surface area (Å²) in [6, 6.07) is -0.418. The van der Waals surface area contributed by atoms with Gasteiger partial charge in [0.1, 0.15) is 6.04 Å². The Morgan fingerprint density at radius 1 is 1.56 bits per heavy atom. The van der Waals surface area contributed by atoms with E-state index in [0.29, 0.717) is 19.5 Å². The molecule has 1 aliphatic heterocycles. The molecule has 0 spiro atoms. The molecule has 0 aromatic rings. The summed E-state index contributed by atoms with van der Waals surface area (Å²) in [5, 5.41) is 2.75. The van der Waals surface area contributed by atoms with Crippen molar-refractivity contribution in [3.8, 4) is 0 Å². The lowest BCUT2D eigenvalue weighted by Crippen LogP contribution is -2.47. The van der Waals surface area contributed by atoms with Gasteiger partial charge in [0.05, 0.1) is 0 Å². The normalized spacial score (nSPS) is 22.8. The highest BCUT2D eigenvalue weighted by atomic mass is 35.5. The highest BCUT2D eigenvalue weighted by Crippen LogP contribution is 2.11. The number of hydrogen-bond acceptors (Lipinski definition) is 2. The van der Waals surface area contributed by atoms with Crippen LogP contribution in [0.15, 0.2) is 11.6 Å². The van der Waals surface area contributed by atoms with Crippen LogP contribution >= 0.6 is 11.6 Å². The SMILES string of the molecule is CC(C)C1NC(=O)CCN(C/C=C/Cl)C1=O. The van der Waals surface area contributed by atoms with Crippen LogP contribution in [0, 0.1) is 5.92 Å². The summed E-state index contributed by atoms with van der Waals surface area (Å²) in [5.41, 5.74) is 1.39. The zero-order chi connectivity index (χ0) is 12.1. The molecule has 0 aromatic heterocycles. The van der Waals surface area contributed by atoms with E-state index in [9.17, 15) is 9.59 Å². The molecule has 0 bridgehead atoms. The number of hydrogen-bond donors (Lipinski definition) is 1. The summed E-state index contributed by atoms with van der Waals surface area (Å²) in [7, 11) is 0. The van der Waals surface area contributed by atoms with Crippen molar-refractivity contribution in [1.82, 2.24) is 10.2 Å². The highest BCUT2D eigenvalue weighted by Gasteiger charge is 2.31. The van der Waals surface area contributed by atoms with E-state index in [4.69, 9.17) is 11.6 Å². The third-order valence-electron chi connectivity index (χ3n) is 2.58. The predicted octanol–water partition coefficient (Wildman–Crippen LogP) is 1.11. The van der Waals surface area contributed by atoms with Crippen LogP contribution in [-0.2, 0) is 9.59 Å². The van der Waals surface area contributed by atoms with Gasteiger partial charge in [0.15, 0.2) is 0 Å². The lowest BCUT2D eigenvalue weighted by atomic mass is 10.0. The second-order valence-electron chi connectivity index (χ2n) is 4.19. The minimum atomic E-state index is -0.418. The molecule has 4 nitrogen and oxygen atoms in total. The molecule has 16 heavy (non-hydrogen) atoms. The van der Waals surface area contributed by atoms with Gasteiger partial charge in [-0.25, -0.2) is 0 Å². The average molecular weight is 245 g/mol. The molecule has 2 amide bonds. The molecule has 0 aromatic carbocycles. The summed E-state index contributed by atoms with van der Waals surface area (Å²) in [5.74, 6) is -0.00273. The summed E-state index contributed by atoms with van der Waals surface area (Å²) >= 11 is 5.44. The number of nitrogens with one attached hydrogen (secondary N) is 1. The average Bonchev–Trinajstić information content (AvgIpc) is 2.37. The first-order valence-electron chi connectivity index (χ1n) is 5.39. The molecule has 1 heterocycles. The van der Waals surface area contributed by atoms with Crippen molar-refractivity contribution in [2.45, 2.75) is 26.3 Å². The molecule has 1 atom stereocenters. The Morgan fingerprint density at radius 3 is 2.81 bits per heavy atom. The Labute approximate surface area is 101 Å². The number of carbonyl (C=O) groups is 2. The van der Waals surface area contributed by atoms with Crippen molar-refractivity contribution < 1.29 is 9.59 Å². The maximum atomic E-state index is 12.1. The fourth-order valence-corrected chi connectivity index (χ4v) is 1.73. The monoisotopic (exact) mass is 244 g/mol. The standard InChI is InChI=1S/C11H17ClN2O2/c1-8(2)10-11(16)14(6-3-5-12)7-4-9(15)13-10/h3,5,8,10H,4,6-7H2,1-2H3,(H,13,15)/b5-3+. The zero-order valence-corrected chi connectivity index (χ0v) is 10.3. The third kappa shape index (κ3) is 3.23. The minimum Gasteiger partial charge on any atom is -0.344 e. The smallest absolute Gasteiger partial charge is 0.245 e. The highest BCUT2D eigenvalue weighted by molar-refractivity contribution is 6.25. The van der Waals surface area contributed by atoms with E-state index in [0.717, 1.165) is 0 Å². The van der Waals surface area contributed by atoms with Crippen LogP contribution < -0.4 is 5.32 Å². The van der Waals surface area contributed by atoms with Crippen LogP contribution in [-0.4, -0.2) is 35.8 Å². The minimum absolute atomic E-state index is 0.0318. The number of nitrogens with zero attached hydrogens (tertiary/aromatic N) is 1. The van der Waals surface area contributed by atoms with Gasteiger partial charge in [0.25, 0.3) is 0 Å². The van der Waals surface area contributed by atoms with Crippen molar-refractivity contribution in [2.24, 2.45) is 5.92 Å². The van der Waals surface area contributed by atoms with Crippen molar-refractivity contribution >= 4 is 23.4 Å². The molecular formula is C11H17ClN2O2. The molecule has 0 saturated carbocycles. The topological polar surface area (TPSA) is 49.4 Å². The van der Waals surface area contributed by atoms with E-state index in [-0.39, 0.29) is 17.7 Å². The molecule has 1 N–H and O–H groups in total. The molecule has 1 rings (SSSR count). The molecular weight excluding hydrogens is 228 g/mol. The van der Waals surface area contributed by atoms with Gasteiger partial charge < -0.3 is 10.2 Å². The Morgan fingerprint density at radius 2 is 2.25 bits per heavy atom. The Hall–Kier alpha value is -1.03. The number of carbonyl (C=O) groups excluding carboxylic acids is 2. The van der Waals surface area contributed by atoms with Crippen LogP contribution in [0.25, 0.3) is 0 Å². The van der Waals surface area contributed by atoms with Gasteiger partial charge in [-0.15, -0.1) is 0 Å². The molecule has 1 unspecified atom stereocenters. The number of halogens is 1. The Balaban J connectivity index is 2.78. The number of rotatable bonds is 3. The molecule has 1 aliphatic rings. The van der Waals surface area contributed by atoms with Crippen molar-refractivity contribution in [2.75, 3.05) is 13.1 Å². The van der Waals surface area contributed by atoms with Crippen LogP contribution in [0.4, 0.5) is 0 Å². The van der Waals surface area contributed by atoms with Gasteiger partial charge in [0, 0.05) is 25.0 Å². The summed E-state index contributed by atoms with van der Waals surface area (Å²) in [6.07, 6.45) is 2.05. The molecule has 1 fully saturated rings. The van der Waals surface area contributed by atoms with Crippen LogP contribution in [0.2, 0.25) is 0 Å². The van der Waals surface area contributed by atoms with Gasteiger partial charge in [-0.2, -0.15) is 0 Å². The first-order chi connectivity index (χ1) is 7.56. The van der Waals surface area contributed by atoms with Gasteiger partial charge in [0.2, 0.25) is 11.8 Å². The number of amides is 2. The van der Waals surface area contributed by atoms with E-state index in [1.165, 1.54) is 5.54 Å². The quantitative estimate of drug-likeness (QED) is 0.809. The van der Waals surface area contributed by atoms with E-state index >= 15 is 0 Å². The van der Waals surface area contributed by atoms with E-state index < -0.39 is 6.04 Å². The molecule has 0 aliphatic carbocycles. The van der Waals surface area contributed by atoms with Gasteiger partial charge in [-0.05, 0) is 5.92 Å². The lowest BCUT2D eigenvalue weighted by Gasteiger charge is -2.24. The summed E-state index contributed by atoms with van der Waals surface area (Å²) in [4.78, 5) is 25.2. The second-order valence-corrected chi connectivity index (χ2v) is 4.44. The van der Waals surface area contributed by atoms with Crippen LogP contribution in [0.3, 0.4) is 0 Å². The molecule has 5 heteroatoms. The Bertz CT molecular complexity index is 302. The molecule has 1 saturated heterocycles. The van der Waals surface area contributed by atoms with E-state index in [1.807, 2.05) is 13.8 Å². The fourth-order valence-electron chi connectivity index (χ4n) is 1.65. The van der Waals surface area contributed by atoms with E-state index in [2.05, 4.69) is 5.32 Å². The van der Waals surface area contributed by atoms with Crippen LogP contribution in [0.5, 0.6) is 0 Å². The lowest BCUT2D eigenvalue weighted by molar-refractivity contribution is -0.134. The summed E-state index contributed by atoms with van der Waals surface area (Å²) < 4.78 is 0. The first kappa shape index (κ1) is 13.0. The molecule has 0 radical (unpaired) electrons. The maximum absolute atomic E-state index is 12.1. The van der Waals surface area contributed by atoms with E-state index in [1.54, 1.807) is 11.0 Å². The van der Waals surface area contributed by atoms with Gasteiger partial charge in [-0.3, -0.25) is 9.59 Å². The third-order valence-corrected chi connectivity index (χ3v) is 2.76.